The minimum atomic E-state index is -1.28. The average Bonchev–Trinajstić information content (AvgIpc) is 2.82. The van der Waals surface area contributed by atoms with Crippen LogP contribution in [0.4, 0.5) is 28.8 Å². The Balaban J connectivity index is 1.51. The van der Waals surface area contributed by atoms with Crippen LogP contribution < -0.4 is 15.5 Å². The van der Waals surface area contributed by atoms with Gasteiger partial charge in [0, 0.05) is 30.7 Å². The first-order chi connectivity index (χ1) is 15.5. The molecule has 0 spiro atoms. The number of hydrogen-bond acceptors (Lipinski definition) is 7. The number of anilines is 5. The first-order valence-corrected chi connectivity index (χ1v) is 12.1. The second kappa shape index (κ2) is 10.4. The van der Waals surface area contributed by atoms with Gasteiger partial charge in [-0.3, -0.25) is 0 Å². The molecule has 1 atom stereocenters. The highest BCUT2D eigenvalue weighted by Crippen LogP contribution is 2.29. The van der Waals surface area contributed by atoms with Crippen LogP contribution >= 0.6 is 15.9 Å². The van der Waals surface area contributed by atoms with E-state index in [1.54, 1.807) is 24.6 Å². The lowest BCUT2D eigenvalue weighted by molar-refractivity contribution is 0.122. The van der Waals surface area contributed by atoms with E-state index >= 15 is 0 Å². The average molecular weight is 517 g/mol. The van der Waals surface area contributed by atoms with Crippen LogP contribution in [0.25, 0.3) is 0 Å². The summed E-state index contributed by atoms with van der Waals surface area (Å²) < 4.78 is 20.4. The molecular weight excluding hydrogens is 492 g/mol. The van der Waals surface area contributed by atoms with Crippen molar-refractivity contribution in [2.75, 3.05) is 55.9 Å². The number of ether oxygens (including phenoxy) is 1. The zero-order chi connectivity index (χ0) is 22.5. The minimum Gasteiger partial charge on any atom is -0.378 e. The highest BCUT2D eigenvalue weighted by Gasteiger charge is 2.14. The Morgan fingerprint density at radius 2 is 1.78 bits per heavy atom. The fraction of sp³-hybridized carbons (Fsp3) is 0.273. The molecule has 1 aromatic heterocycles. The van der Waals surface area contributed by atoms with Gasteiger partial charge in [0.15, 0.2) is 0 Å². The molecule has 10 heteroatoms. The predicted molar refractivity (Wildman–Crippen MR) is 132 cm³/mol. The van der Waals surface area contributed by atoms with Crippen LogP contribution in [-0.2, 0) is 15.7 Å². The molecule has 32 heavy (non-hydrogen) atoms. The first-order valence-electron chi connectivity index (χ1n) is 10.2. The van der Waals surface area contributed by atoms with Gasteiger partial charge in [0.2, 0.25) is 5.95 Å². The molecule has 168 valence electrons. The summed E-state index contributed by atoms with van der Waals surface area (Å²) in [5.74, 6) is 1.04. The monoisotopic (exact) mass is 516 g/mol. The quantitative estimate of drug-likeness (QED) is 0.488. The second-order valence-corrected chi connectivity index (χ2v) is 9.87. The molecule has 1 saturated heterocycles. The van der Waals surface area contributed by atoms with Crippen molar-refractivity contribution in [1.82, 2.24) is 14.3 Å². The molecule has 2 N–H and O–H groups in total. The fourth-order valence-corrected chi connectivity index (χ4v) is 4.45. The first kappa shape index (κ1) is 22.7. The maximum Gasteiger partial charge on any atom is 0.229 e. The number of morpholine rings is 1. The maximum atomic E-state index is 12.6. The van der Waals surface area contributed by atoms with Crippen LogP contribution in [0.3, 0.4) is 0 Å². The van der Waals surface area contributed by atoms with Crippen LogP contribution in [0, 0.1) is 0 Å². The molecular formula is C22H25BrN6O2S. The molecule has 2 heterocycles. The van der Waals surface area contributed by atoms with E-state index in [-0.39, 0.29) is 0 Å². The number of nitrogens with zero attached hydrogens (tertiary/aromatic N) is 4. The van der Waals surface area contributed by atoms with Gasteiger partial charge < -0.3 is 20.3 Å². The Bertz CT molecular complexity index is 1090. The van der Waals surface area contributed by atoms with E-state index in [0.29, 0.717) is 21.1 Å². The fourth-order valence-electron chi connectivity index (χ4n) is 3.27. The maximum absolute atomic E-state index is 12.6. The standard InChI is InChI=1S/C22H25BrN6O2S/c1-28(2)32(30)20-6-4-3-5-19(20)26-21-18(23)15-24-22(27-21)25-16-7-9-17(10-8-16)29-11-13-31-14-12-29/h3-10,15H,11-14H2,1-2H3,(H2,24,25,26,27). The summed E-state index contributed by atoms with van der Waals surface area (Å²) in [4.78, 5) is 12.0. The minimum absolute atomic E-state index is 0.459. The zero-order valence-corrected chi connectivity index (χ0v) is 20.3. The van der Waals surface area contributed by atoms with Gasteiger partial charge in [-0.2, -0.15) is 4.98 Å². The van der Waals surface area contributed by atoms with Crippen molar-refractivity contribution in [3.05, 3.63) is 59.2 Å². The van der Waals surface area contributed by atoms with E-state index in [4.69, 9.17) is 4.74 Å². The number of aromatic nitrogens is 2. The number of nitrogens with one attached hydrogen (secondary N) is 2. The summed E-state index contributed by atoms with van der Waals surface area (Å²) in [5, 5.41) is 6.53. The summed E-state index contributed by atoms with van der Waals surface area (Å²) in [6.07, 6.45) is 1.69. The molecule has 0 saturated carbocycles. The van der Waals surface area contributed by atoms with Crippen molar-refractivity contribution in [1.29, 1.82) is 0 Å². The normalized spacial score (nSPS) is 14.9. The van der Waals surface area contributed by atoms with Gasteiger partial charge in [-0.05, 0) is 66.4 Å². The summed E-state index contributed by atoms with van der Waals surface area (Å²) in [5.41, 5.74) is 2.78. The molecule has 0 bridgehead atoms. The SMILES string of the molecule is CN(C)S(=O)c1ccccc1Nc1nc(Nc2ccc(N3CCOCC3)cc2)ncc1Br. The van der Waals surface area contributed by atoms with Gasteiger partial charge in [0.25, 0.3) is 0 Å². The van der Waals surface area contributed by atoms with E-state index < -0.39 is 11.0 Å². The molecule has 0 aliphatic carbocycles. The summed E-state index contributed by atoms with van der Waals surface area (Å²) in [6.45, 7) is 3.32. The number of rotatable bonds is 7. The number of para-hydroxylation sites is 1. The molecule has 1 aliphatic heterocycles. The molecule has 3 aromatic rings. The molecule has 1 unspecified atom stereocenters. The highest BCUT2D eigenvalue weighted by molar-refractivity contribution is 9.10. The van der Waals surface area contributed by atoms with E-state index in [1.165, 1.54) is 5.69 Å². The lowest BCUT2D eigenvalue weighted by Gasteiger charge is -2.28. The van der Waals surface area contributed by atoms with Crippen molar-refractivity contribution in [3.8, 4) is 0 Å². The van der Waals surface area contributed by atoms with E-state index in [1.807, 2.05) is 36.4 Å². The third-order valence-corrected chi connectivity index (χ3v) is 6.88. The molecule has 2 aromatic carbocycles. The largest absolute Gasteiger partial charge is 0.378 e. The third-order valence-electron chi connectivity index (χ3n) is 4.90. The molecule has 0 radical (unpaired) electrons. The van der Waals surface area contributed by atoms with E-state index in [9.17, 15) is 4.21 Å². The lowest BCUT2D eigenvalue weighted by Crippen LogP contribution is -2.36. The van der Waals surface area contributed by atoms with Crippen LogP contribution in [0.2, 0.25) is 0 Å². The lowest BCUT2D eigenvalue weighted by atomic mass is 10.2. The molecule has 0 amide bonds. The highest BCUT2D eigenvalue weighted by atomic mass is 79.9. The van der Waals surface area contributed by atoms with Crippen LogP contribution in [-0.4, -0.2) is 58.9 Å². The summed E-state index contributed by atoms with van der Waals surface area (Å²) in [6, 6.07) is 15.7. The molecule has 8 nitrogen and oxygen atoms in total. The van der Waals surface area contributed by atoms with E-state index in [2.05, 4.69) is 53.6 Å². The smallest absolute Gasteiger partial charge is 0.229 e. The van der Waals surface area contributed by atoms with Crippen molar-refractivity contribution in [3.63, 3.8) is 0 Å². The van der Waals surface area contributed by atoms with Crippen LogP contribution in [0.5, 0.6) is 0 Å². The Morgan fingerprint density at radius 1 is 1.06 bits per heavy atom. The number of halogens is 1. The Hall–Kier alpha value is -2.53. The Kier molecular flexibility index (Phi) is 7.36. The predicted octanol–water partition coefficient (Wildman–Crippen LogP) is 4.15. The summed E-state index contributed by atoms with van der Waals surface area (Å²) in [7, 11) is 2.27. The van der Waals surface area contributed by atoms with Crippen molar-refractivity contribution >= 4 is 55.7 Å². The van der Waals surface area contributed by atoms with Crippen molar-refractivity contribution in [2.24, 2.45) is 0 Å². The molecule has 4 rings (SSSR count). The molecule has 1 fully saturated rings. The number of benzene rings is 2. The second-order valence-electron chi connectivity index (χ2n) is 7.34. The Morgan fingerprint density at radius 3 is 2.50 bits per heavy atom. The van der Waals surface area contributed by atoms with Gasteiger partial charge in [-0.1, -0.05) is 12.1 Å². The summed E-state index contributed by atoms with van der Waals surface area (Å²) >= 11 is 3.50. The third kappa shape index (κ3) is 5.44. The van der Waals surface area contributed by atoms with Gasteiger partial charge in [-0.25, -0.2) is 13.5 Å². The van der Waals surface area contributed by atoms with Gasteiger partial charge >= 0.3 is 0 Å². The van der Waals surface area contributed by atoms with Crippen molar-refractivity contribution < 1.29 is 8.95 Å². The van der Waals surface area contributed by atoms with Crippen LogP contribution in [0.1, 0.15) is 0 Å². The van der Waals surface area contributed by atoms with Gasteiger partial charge in [0.1, 0.15) is 16.8 Å². The van der Waals surface area contributed by atoms with Crippen molar-refractivity contribution in [2.45, 2.75) is 4.90 Å². The van der Waals surface area contributed by atoms with Gasteiger partial charge in [-0.15, -0.1) is 0 Å². The zero-order valence-electron chi connectivity index (χ0n) is 17.9. The van der Waals surface area contributed by atoms with E-state index in [0.717, 1.165) is 37.7 Å². The van der Waals surface area contributed by atoms with Gasteiger partial charge in [0.05, 0.1) is 28.3 Å². The van der Waals surface area contributed by atoms with Crippen LogP contribution in [0.15, 0.2) is 64.1 Å². The number of hydrogen-bond donors (Lipinski definition) is 2. The molecule has 1 aliphatic rings. The topological polar surface area (TPSA) is 82.6 Å². The Labute approximate surface area is 198 Å².